The number of piperazine rings is 1. The first-order valence-electron chi connectivity index (χ1n) is 8.48. The number of hydrogen-bond donors (Lipinski definition) is 1. The zero-order valence-corrected chi connectivity index (χ0v) is 14.1. The molecule has 132 valence electrons. The Morgan fingerprint density at radius 3 is 2.46 bits per heavy atom. The zero-order chi connectivity index (χ0) is 17.9. The van der Waals surface area contributed by atoms with E-state index in [9.17, 15) is 9.59 Å². The molecule has 2 aliphatic rings. The molecule has 0 aromatic carbocycles. The Balaban J connectivity index is 1.45. The van der Waals surface area contributed by atoms with Gasteiger partial charge in [0.1, 0.15) is 5.82 Å². The standard InChI is InChI=1S/C18H18N6O2/c25-15-12-17(26)22-14(15)11-13-4-6-20-18(21-13)24-9-7-23(8-10-24)16-3-1-2-5-19-16/h1-6,11H,7-10,12H2,(H,22,26)/b14-11-. The lowest BCUT2D eigenvalue weighted by atomic mass is 10.2. The van der Waals surface area contributed by atoms with Crippen LogP contribution in [-0.4, -0.2) is 52.8 Å². The molecular formula is C18H18N6O2. The van der Waals surface area contributed by atoms with E-state index in [4.69, 9.17) is 0 Å². The molecule has 1 N–H and O–H groups in total. The van der Waals surface area contributed by atoms with Crippen molar-refractivity contribution in [1.29, 1.82) is 0 Å². The highest BCUT2D eigenvalue weighted by atomic mass is 16.2. The highest BCUT2D eigenvalue weighted by Gasteiger charge is 2.24. The van der Waals surface area contributed by atoms with Crippen molar-refractivity contribution in [3.05, 3.63) is 48.1 Å². The Morgan fingerprint density at radius 1 is 0.962 bits per heavy atom. The molecular weight excluding hydrogens is 332 g/mol. The number of amides is 1. The van der Waals surface area contributed by atoms with E-state index in [0.29, 0.717) is 17.3 Å². The van der Waals surface area contributed by atoms with Gasteiger partial charge < -0.3 is 15.1 Å². The summed E-state index contributed by atoms with van der Waals surface area (Å²) in [4.78, 5) is 40.6. The van der Waals surface area contributed by atoms with Gasteiger partial charge >= 0.3 is 0 Å². The fourth-order valence-corrected chi connectivity index (χ4v) is 3.04. The molecule has 2 aliphatic heterocycles. The van der Waals surface area contributed by atoms with Gasteiger partial charge in [0.2, 0.25) is 11.9 Å². The van der Waals surface area contributed by atoms with Crippen molar-refractivity contribution in [2.75, 3.05) is 36.0 Å². The molecule has 8 nitrogen and oxygen atoms in total. The third-order valence-electron chi connectivity index (χ3n) is 4.39. The number of hydrogen-bond acceptors (Lipinski definition) is 7. The smallest absolute Gasteiger partial charge is 0.232 e. The number of carbonyl (C=O) groups excluding carboxylic acids is 2. The molecule has 0 unspecified atom stereocenters. The molecule has 4 heterocycles. The lowest BCUT2D eigenvalue weighted by Crippen LogP contribution is -2.47. The van der Waals surface area contributed by atoms with Gasteiger partial charge in [-0.25, -0.2) is 15.0 Å². The van der Waals surface area contributed by atoms with Gasteiger partial charge in [0.25, 0.3) is 0 Å². The summed E-state index contributed by atoms with van der Waals surface area (Å²) in [5.74, 6) is 1.11. The van der Waals surface area contributed by atoms with E-state index >= 15 is 0 Å². The monoisotopic (exact) mass is 350 g/mol. The first-order valence-corrected chi connectivity index (χ1v) is 8.48. The Morgan fingerprint density at radius 2 is 1.77 bits per heavy atom. The van der Waals surface area contributed by atoms with E-state index in [-0.39, 0.29) is 18.1 Å². The van der Waals surface area contributed by atoms with Crippen LogP contribution < -0.4 is 15.1 Å². The van der Waals surface area contributed by atoms with Gasteiger partial charge in [0, 0.05) is 38.6 Å². The van der Waals surface area contributed by atoms with Crippen LogP contribution in [0.15, 0.2) is 42.4 Å². The summed E-state index contributed by atoms with van der Waals surface area (Å²) in [5.41, 5.74) is 0.896. The molecule has 0 aliphatic carbocycles. The van der Waals surface area contributed by atoms with Gasteiger partial charge in [-0.1, -0.05) is 6.07 Å². The van der Waals surface area contributed by atoms with E-state index in [1.165, 1.54) is 0 Å². The lowest BCUT2D eigenvalue weighted by molar-refractivity contribution is -0.121. The second-order valence-electron chi connectivity index (χ2n) is 6.15. The number of carbonyl (C=O) groups is 2. The number of nitrogens with one attached hydrogen (secondary N) is 1. The van der Waals surface area contributed by atoms with Crippen molar-refractivity contribution < 1.29 is 9.59 Å². The zero-order valence-electron chi connectivity index (χ0n) is 14.1. The summed E-state index contributed by atoms with van der Waals surface area (Å²) in [7, 11) is 0. The predicted octanol–water partition coefficient (Wildman–Crippen LogP) is 0.628. The number of pyridine rings is 1. The summed E-state index contributed by atoms with van der Waals surface area (Å²) in [6.07, 6.45) is 4.97. The van der Waals surface area contributed by atoms with Crippen molar-refractivity contribution in [2.24, 2.45) is 0 Å². The van der Waals surface area contributed by atoms with Gasteiger partial charge in [0.15, 0.2) is 5.78 Å². The normalized spacial score (nSPS) is 19.2. The molecule has 1 amide bonds. The molecule has 2 fully saturated rings. The first-order chi connectivity index (χ1) is 12.7. The van der Waals surface area contributed by atoms with Gasteiger partial charge in [-0.15, -0.1) is 0 Å². The minimum atomic E-state index is -0.277. The number of aromatic nitrogens is 3. The largest absolute Gasteiger partial charge is 0.353 e. The third-order valence-corrected chi connectivity index (χ3v) is 4.39. The maximum absolute atomic E-state index is 11.7. The van der Waals surface area contributed by atoms with Gasteiger partial charge in [-0.3, -0.25) is 9.59 Å². The van der Waals surface area contributed by atoms with Crippen LogP contribution in [0.25, 0.3) is 6.08 Å². The topological polar surface area (TPSA) is 91.3 Å². The van der Waals surface area contributed by atoms with E-state index in [0.717, 1.165) is 32.0 Å². The number of ketones is 1. The van der Waals surface area contributed by atoms with E-state index in [2.05, 4.69) is 30.1 Å². The van der Waals surface area contributed by atoms with Crippen molar-refractivity contribution >= 4 is 29.5 Å². The van der Waals surface area contributed by atoms with Gasteiger partial charge in [-0.05, 0) is 24.3 Å². The second kappa shape index (κ2) is 6.91. The Bertz CT molecular complexity index is 859. The molecule has 0 saturated carbocycles. The number of Topliss-reactive ketones (excluding diaryl/α,β-unsaturated/α-hetero) is 1. The van der Waals surface area contributed by atoms with Crippen molar-refractivity contribution in [2.45, 2.75) is 6.42 Å². The number of nitrogens with zero attached hydrogens (tertiary/aromatic N) is 5. The first kappa shape index (κ1) is 16.2. The van der Waals surface area contributed by atoms with Crippen LogP contribution in [0.1, 0.15) is 12.1 Å². The Kier molecular flexibility index (Phi) is 4.30. The summed E-state index contributed by atoms with van der Waals surface area (Å²) in [5, 5.41) is 2.56. The fraction of sp³-hybridized carbons (Fsp3) is 0.278. The second-order valence-corrected chi connectivity index (χ2v) is 6.15. The average molecular weight is 350 g/mol. The van der Waals surface area contributed by atoms with Crippen molar-refractivity contribution in [3.63, 3.8) is 0 Å². The number of anilines is 2. The minimum absolute atomic E-state index is 0.0980. The minimum Gasteiger partial charge on any atom is -0.353 e. The number of rotatable bonds is 3. The molecule has 0 bridgehead atoms. The maximum atomic E-state index is 11.7. The van der Waals surface area contributed by atoms with Crippen LogP contribution in [0.3, 0.4) is 0 Å². The molecule has 0 radical (unpaired) electrons. The van der Waals surface area contributed by atoms with Crippen LogP contribution in [0.2, 0.25) is 0 Å². The number of allylic oxidation sites excluding steroid dienone is 1. The van der Waals surface area contributed by atoms with E-state index in [1.807, 2.05) is 18.2 Å². The van der Waals surface area contributed by atoms with Crippen LogP contribution in [0.5, 0.6) is 0 Å². The molecule has 26 heavy (non-hydrogen) atoms. The highest BCUT2D eigenvalue weighted by Crippen LogP contribution is 2.17. The summed E-state index contributed by atoms with van der Waals surface area (Å²) in [6.45, 7) is 3.24. The molecule has 0 spiro atoms. The van der Waals surface area contributed by atoms with Crippen LogP contribution in [0.4, 0.5) is 11.8 Å². The highest BCUT2D eigenvalue weighted by molar-refractivity contribution is 6.16. The molecule has 2 aromatic heterocycles. The van der Waals surface area contributed by atoms with Crippen molar-refractivity contribution in [3.8, 4) is 0 Å². The third kappa shape index (κ3) is 3.39. The van der Waals surface area contributed by atoms with Crippen LogP contribution in [-0.2, 0) is 9.59 Å². The van der Waals surface area contributed by atoms with E-state index < -0.39 is 0 Å². The molecule has 4 rings (SSSR count). The summed E-state index contributed by atoms with van der Waals surface area (Å²) < 4.78 is 0. The summed E-state index contributed by atoms with van der Waals surface area (Å²) >= 11 is 0. The molecule has 8 heteroatoms. The molecule has 2 saturated heterocycles. The summed E-state index contributed by atoms with van der Waals surface area (Å²) in [6, 6.07) is 7.62. The Labute approximate surface area is 150 Å². The predicted molar refractivity (Wildman–Crippen MR) is 96.4 cm³/mol. The quantitative estimate of drug-likeness (QED) is 0.641. The average Bonchev–Trinajstić information content (AvgIpc) is 3.00. The fourth-order valence-electron chi connectivity index (χ4n) is 3.04. The SMILES string of the molecule is O=C1CC(=O)/C(=C/c2ccnc(N3CCN(c4ccccn4)CC3)n2)N1. The van der Waals surface area contributed by atoms with E-state index in [1.54, 1.807) is 24.5 Å². The lowest BCUT2D eigenvalue weighted by Gasteiger charge is -2.35. The maximum Gasteiger partial charge on any atom is 0.232 e. The Hall–Kier alpha value is -3.29. The van der Waals surface area contributed by atoms with Gasteiger partial charge in [0.05, 0.1) is 17.8 Å². The van der Waals surface area contributed by atoms with Gasteiger partial charge in [-0.2, -0.15) is 0 Å². The van der Waals surface area contributed by atoms with Crippen molar-refractivity contribution in [1.82, 2.24) is 20.3 Å². The van der Waals surface area contributed by atoms with Crippen LogP contribution in [0, 0.1) is 0 Å². The van der Waals surface area contributed by atoms with Crippen LogP contribution >= 0.6 is 0 Å². The molecule has 2 aromatic rings. The molecule has 0 atom stereocenters.